The van der Waals surface area contributed by atoms with Crippen molar-refractivity contribution in [2.75, 3.05) is 32.1 Å². The van der Waals surface area contributed by atoms with Crippen molar-refractivity contribution in [2.45, 2.75) is 84.1 Å². The van der Waals surface area contributed by atoms with Gasteiger partial charge in [0.05, 0.1) is 59.3 Å². The Labute approximate surface area is 527 Å². The van der Waals surface area contributed by atoms with Gasteiger partial charge in [-0.3, -0.25) is 43.3 Å². The molecule has 0 radical (unpaired) electrons. The summed E-state index contributed by atoms with van der Waals surface area (Å²) in [5.41, 5.74) is 8.17. The topological polar surface area (TPSA) is 374 Å². The van der Waals surface area contributed by atoms with Crippen LogP contribution in [0.1, 0.15) is 126 Å². The van der Waals surface area contributed by atoms with Gasteiger partial charge < -0.3 is 47.1 Å². The fraction of sp³-hybridized carbons (Fsp3) is 0.351. The van der Waals surface area contributed by atoms with Crippen LogP contribution in [0.5, 0.6) is 0 Å². The lowest BCUT2D eigenvalue weighted by Gasteiger charge is -2.29. The standard InChI is InChI=1S/C57H59N13O12S6/c1-26(2)44(55-69-47(38(88-55)21-82-5)49(77)60-19-39(58)72)67-50(78)45-27(3)87-54(68-45)33(17-41(73)59-4)63-48(76)35-23-84-51(65-35)31-15-16-32(52-66-40(25-86-52)70(20-43(74)75)56(79)29-11-13-30(14-12-29)57(80)81)62-46(31)34-22-85-53(64-34)36-24-83-42(61-36)18-37(71)28-9-7-6-8-10-28/h6-10,15-16,22-26,29-30,33,37,44,71H,11-14,17-21H2,1-5H3,(H2,58,72)(H,59,73)(H,60,77)(H,63,76)(H,67,78)(H,74,75)(H,80,81)/t29?,30?,33-,37+,44?/m0/s1. The number of hydrogen-bond donors (Lipinski definition) is 8. The van der Waals surface area contributed by atoms with E-state index < -0.39 is 90.5 Å². The van der Waals surface area contributed by atoms with Crippen LogP contribution in [0.25, 0.3) is 43.4 Å². The fourth-order valence-corrected chi connectivity index (χ4v) is 15.0. The van der Waals surface area contributed by atoms with Crippen LogP contribution < -0.4 is 31.9 Å². The second-order valence-electron chi connectivity index (χ2n) is 20.6. The lowest BCUT2D eigenvalue weighted by Crippen LogP contribution is -2.41. The zero-order chi connectivity index (χ0) is 62.9. The molecule has 1 aromatic carbocycles. The van der Waals surface area contributed by atoms with Crippen molar-refractivity contribution < 1.29 is 58.4 Å². The Morgan fingerprint density at radius 3 is 2.11 bits per heavy atom. The van der Waals surface area contributed by atoms with Crippen molar-refractivity contribution in [3.8, 4) is 43.4 Å². The number of aliphatic carboxylic acids is 2. The van der Waals surface area contributed by atoms with Crippen molar-refractivity contribution >= 4 is 121 Å². The normalized spacial score (nSPS) is 15.0. The number of amides is 6. The molecule has 0 aliphatic heterocycles. The number of benzene rings is 1. The number of aromatic nitrogens is 7. The summed E-state index contributed by atoms with van der Waals surface area (Å²) in [4.78, 5) is 139. The van der Waals surface area contributed by atoms with Gasteiger partial charge in [0.25, 0.3) is 17.7 Å². The van der Waals surface area contributed by atoms with E-state index in [9.17, 15) is 53.7 Å². The van der Waals surface area contributed by atoms with Crippen LogP contribution in [0.4, 0.5) is 5.82 Å². The first-order valence-corrected chi connectivity index (χ1v) is 32.5. The third-order valence-corrected chi connectivity index (χ3v) is 19.7. The van der Waals surface area contributed by atoms with Gasteiger partial charge in [0.2, 0.25) is 17.7 Å². The maximum absolute atomic E-state index is 14.4. The summed E-state index contributed by atoms with van der Waals surface area (Å²) < 4.78 is 5.31. The third-order valence-electron chi connectivity index (χ3n) is 14.1. The number of aliphatic hydroxyl groups excluding tert-OH is 1. The highest BCUT2D eigenvalue weighted by atomic mass is 32.1. The number of nitrogens with zero attached hydrogens (tertiary/aromatic N) is 8. The van der Waals surface area contributed by atoms with Crippen LogP contribution in [0.2, 0.25) is 0 Å². The summed E-state index contributed by atoms with van der Waals surface area (Å²) in [5, 5.41) is 50.7. The van der Waals surface area contributed by atoms with Gasteiger partial charge in [-0.1, -0.05) is 44.2 Å². The van der Waals surface area contributed by atoms with Gasteiger partial charge in [0, 0.05) is 58.5 Å². The summed E-state index contributed by atoms with van der Waals surface area (Å²) in [6, 6.07) is 11.0. The Morgan fingerprint density at radius 2 is 1.42 bits per heavy atom. The number of ether oxygens (including phenoxy) is 1. The van der Waals surface area contributed by atoms with E-state index >= 15 is 0 Å². The van der Waals surface area contributed by atoms with Crippen molar-refractivity contribution in [1.29, 1.82) is 0 Å². The van der Waals surface area contributed by atoms with Crippen LogP contribution in [-0.2, 0) is 41.7 Å². The number of nitrogens with one attached hydrogen (secondary N) is 4. The van der Waals surface area contributed by atoms with E-state index in [1.54, 1.807) is 35.2 Å². The molecule has 460 valence electrons. The number of pyridine rings is 1. The lowest BCUT2D eigenvalue weighted by atomic mass is 9.81. The van der Waals surface area contributed by atoms with Crippen LogP contribution in [0.15, 0.2) is 64.0 Å². The predicted octanol–water partition coefficient (Wildman–Crippen LogP) is 7.48. The molecule has 1 aliphatic rings. The first-order valence-electron chi connectivity index (χ1n) is 27.3. The summed E-state index contributed by atoms with van der Waals surface area (Å²) in [6.45, 7) is 4.37. The molecule has 0 bridgehead atoms. The fourth-order valence-electron chi connectivity index (χ4n) is 9.51. The largest absolute Gasteiger partial charge is 0.481 e. The highest BCUT2D eigenvalue weighted by Crippen LogP contribution is 2.40. The molecule has 25 nitrogen and oxygen atoms in total. The first kappa shape index (κ1) is 64.3. The molecular weight excluding hydrogens is 1250 g/mol. The Kier molecular flexibility index (Phi) is 21.0. The summed E-state index contributed by atoms with van der Waals surface area (Å²) in [7, 11) is 2.91. The average molecular weight is 1310 g/mol. The van der Waals surface area contributed by atoms with E-state index in [1.165, 1.54) is 36.8 Å². The predicted molar refractivity (Wildman–Crippen MR) is 332 cm³/mol. The van der Waals surface area contributed by atoms with Crippen molar-refractivity contribution in [1.82, 2.24) is 56.2 Å². The monoisotopic (exact) mass is 1310 g/mol. The smallest absolute Gasteiger partial charge is 0.323 e. The van der Waals surface area contributed by atoms with Gasteiger partial charge in [0.15, 0.2) is 0 Å². The number of methoxy groups -OCH3 is 1. The van der Waals surface area contributed by atoms with Crippen molar-refractivity contribution in [2.24, 2.45) is 23.5 Å². The number of hydrogen-bond acceptors (Lipinski definition) is 23. The molecule has 1 unspecified atom stereocenters. The van der Waals surface area contributed by atoms with E-state index in [1.807, 2.05) is 49.6 Å². The van der Waals surface area contributed by atoms with E-state index in [0.717, 1.165) is 55.8 Å². The molecule has 8 aromatic rings. The van der Waals surface area contributed by atoms with Gasteiger partial charge in [0.1, 0.15) is 71.6 Å². The Balaban J connectivity index is 0.992. The quantitative estimate of drug-likeness (QED) is 0.0260. The van der Waals surface area contributed by atoms with Gasteiger partial charge in [-0.2, -0.15) is 0 Å². The number of aryl methyl sites for hydroxylation is 1. The SMILES string of the molecule is CNC(=O)C[C@H](NC(=O)c1csc(-c2ccc(-c3nc(N(CC(=O)O)C(=O)C4CCC(C(=O)O)CC4)cs3)nc2-c2csc(-c3csc(C[C@@H](O)c4ccccc4)n3)n2)n1)c1nc(C(=O)NC(c2nc(C(=O)NCC(N)=O)c(COC)s2)C(C)C)c(C)s1. The molecule has 1 fully saturated rings. The molecule has 6 amide bonds. The van der Waals surface area contributed by atoms with Gasteiger partial charge in [-0.25, -0.2) is 34.9 Å². The molecule has 9 N–H and O–H groups in total. The number of rotatable bonds is 26. The second kappa shape index (κ2) is 28.8. The summed E-state index contributed by atoms with van der Waals surface area (Å²) in [6.07, 6.45) is 0.401. The van der Waals surface area contributed by atoms with Crippen molar-refractivity contribution in [3.63, 3.8) is 0 Å². The van der Waals surface area contributed by atoms with Gasteiger partial charge in [-0.15, -0.1) is 68.0 Å². The number of nitrogens with two attached hydrogens (primary N) is 1. The lowest BCUT2D eigenvalue weighted by molar-refractivity contribution is -0.144. The number of aliphatic hydroxyl groups is 1. The molecule has 9 rings (SSSR count). The van der Waals surface area contributed by atoms with Crippen LogP contribution >= 0.6 is 68.0 Å². The number of primary amides is 1. The molecule has 88 heavy (non-hydrogen) atoms. The molecule has 7 heterocycles. The number of carbonyl (C=O) groups excluding carboxylic acids is 6. The molecular formula is C57H59N13O12S6. The average Bonchev–Trinajstić information content (AvgIpc) is 3.54. The molecule has 0 spiro atoms. The zero-order valence-electron chi connectivity index (χ0n) is 47.8. The minimum absolute atomic E-state index is 0.0159. The Hall–Kier alpha value is -8.17. The Morgan fingerprint density at radius 1 is 0.727 bits per heavy atom. The maximum atomic E-state index is 14.4. The van der Waals surface area contributed by atoms with Crippen LogP contribution in [0, 0.1) is 24.7 Å². The summed E-state index contributed by atoms with van der Waals surface area (Å²) >= 11 is 7.24. The van der Waals surface area contributed by atoms with E-state index in [-0.39, 0.29) is 79.0 Å². The van der Waals surface area contributed by atoms with Crippen LogP contribution in [-0.4, -0.2) is 125 Å². The third kappa shape index (κ3) is 15.4. The zero-order valence-corrected chi connectivity index (χ0v) is 52.7. The molecule has 0 saturated heterocycles. The minimum atomic E-state index is -1.26. The van der Waals surface area contributed by atoms with Gasteiger partial charge >= 0.3 is 11.9 Å². The number of anilines is 1. The minimum Gasteiger partial charge on any atom is -0.481 e. The first-order chi connectivity index (χ1) is 42.2. The van der Waals surface area contributed by atoms with E-state index in [4.69, 9.17) is 35.4 Å². The molecule has 31 heteroatoms. The molecule has 7 aromatic heterocycles. The second-order valence-corrected chi connectivity index (χ2v) is 26.5. The highest BCUT2D eigenvalue weighted by molar-refractivity contribution is 7.15. The number of carbonyl (C=O) groups is 8. The van der Waals surface area contributed by atoms with Crippen molar-refractivity contribution in [3.05, 3.63) is 111 Å². The molecule has 1 aliphatic carbocycles. The van der Waals surface area contributed by atoms with Gasteiger partial charge in [-0.05, 0) is 56.2 Å². The molecule has 1 saturated carbocycles. The highest BCUT2D eigenvalue weighted by Gasteiger charge is 2.35. The van der Waals surface area contributed by atoms with E-state index in [0.29, 0.717) is 63.1 Å². The number of carboxylic acid groups (broad SMARTS) is 2. The number of thiazole rings is 6. The van der Waals surface area contributed by atoms with Crippen LogP contribution in [0.3, 0.4) is 0 Å². The Bertz CT molecular complexity index is 3880. The molecule has 3 atom stereocenters. The number of carboxylic acids is 2. The van der Waals surface area contributed by atoms with E-state index in [2.05, 4.69) is 31.2 Å². The summed E-state index contributed by atoms with van der Waals surface area (Å²) in [5.74, 6) is -7.01. The maximum Gasteiger partial charge on any atom is 0.323 e.